The average molecular weight is 571 g/mol. The Bertz CT molecular complexity index is 1570. The van der Waals surface area contributed by atoms with Crippen LogP contribution in [0.3, 0.4) is 0 Å². The second kappa shape index (κ2) is 12.7. The van der Waals surface area contributed by atoms with E-state index in [1.54, 1.807) is 34.6 Å². The van der Waals surface area contributed by atoms with Crippen LogP contribution in [0.25, 0.3) is 10.9 Å². The SMILES string of the molecule is COc1ccc(CN(C)CCCC2(C(=O)Oc3cnc4ccccc4c3)CCc3c2ccc(OC)c3OC)cc1OC. The Hall–Kier alpha value is -4.30. The quantitative estimate of drug-likeness (QED) is 0.193. The Labute approximate surface area is 247 Å². The number of carbonyl (C=O) groups is 1. The Morgan fingerprint density at radius 1 is 0.905 bits per heavy atom. The maximum absolute atomic E-state index is 14.1. The standard InChI is InChI=1S/C34H38N2O6/c1-36(22-23-11-13-29(38-2)31(19-23)40-4)18-8-16-34(17-15-26-27(34)12-14-30(39-3)32(26)41-5)33(37)42-25-20-24-9-6-7-10-28(24)35-21-25/h6-7,9-14,19-21H,8,15-18,22H2,1-5H3. The minimum Gasteiger partial charge on any atom is -0.493 e. The Morgan fingerprint density at radius 3 is 2.43 bits per heavy atom. The van der Waals surface area contributed by atoms with Gasteiger partial charge in [-0.1, -0.05) is 30.3 Å². The van der Waals surface area contributed by atoms with Gasteiger partial charge < -0.3 is 28.6 Å². The number of hydrogen-bond acceptors (Lipinski definition) is 8. The molecule has 3 aromatic carbocycles. The highest BCUT2D eigenvalue weighted by Gasteiger charge is 2.48. The summed E-state index contributed by atoms with van der Waals surface area (Å²) in [7, 11) is 8.62. The van der Waals surface area contributed by atoms with Crippen LogP contribution >= 0.6 is 0 Å². The van der Waals surface area contributed by atoms with Gasteiger partial charge in [-0.15, -0.1) is 0 Å². The molecule has 0 saturated carbocycles. The Kier molecular flexibility index (Phi) is 8.83. The highest BCUT2D eigenvalue weighted by atomic mass is 16.5. The molecule has 0 radical (unpaired) electrons. The summed E-state index contributed by atoms with van der Waals surface area (Å²) in [6.07, 6.45) is 4.37. The molecule has 0 spiro atoms. The van der Waals surface area contributed by atoms with Gasteiger partial charge in [0.25, 0.3) is 0 Å². The molecular weight excluding hydrogens is 532 g/mol. The predicted octanol–water partition coefficient (Wildman–Crippen LogP) is 5.97. The highest BCUT2D eigenvalue weighted by molar-refractivity contribution is 5.88. The lowest BCUT2D eigenvalue weighted by Crippen LogP contribution is -2.38. The van der Waals surface area contributed by atoms with Crippen molar-refractivity contribution in [2.24, 2.45) is 0 Å². The fourth-order valence-corrected chi connectivity index (χ4v) is 6.07. The summed E-state index contributed by atoms with van der Waals surface area (Å²) >= 11 is 0. The van der Waals surface area contributed by atoms with Crippen LogP contribution in [0.5, 0.6) is 28.7 Å². The summed E-state index contributed by atoms with van der Waals surface area (Å²) in [5.74, 6) is 2.93. The number of benzene rings is 3. The van der Waals surface area contributed by atoms with Gasteiger partial charge in [0, 0.05) is 17.5 Å². The number of fused-ring (bicyclic) bond motifs is 2. The van der Waals surface area contributed by atoms with Gasteiger partial charge in [-0.25, -0.2) is 0 Å². The first-order valence-corrected chi connectivity index (χ1v) is 14.1. The van der Waals surface area contributed by atoms with Gasteiger partial charge in [-0.2, -0.15) is 0 Å². The van der Waals surface area contributed by atoms with Crippen LogP contribution in [-0.4, -0.2) is 57.9 Å². The molecule has 8 nitrogen and oxygen atoms in total. The number of hydrogen-bond donors (Lipinski definition) is 0. The lowest BCUT2D eigenvalue weighted by molar-refractivity contribution is -0.141. The molecule has 0 amide bonds. The van der Waals surface area contributed by atoms with Gasteiger partial charge in [0.2, 0.25) is 0 Å². The lowest BCUT2D eigenvalue weighted by Gasteiger charge is -2.29. The van der Waals surface area contributed by atoms with E-state index < -0.39 is 5.41 Å². The maximum atomic E-state index is 14.1. The number of ether oxygens (including phenoxy) is 5. The summed E-state index contributed by atoms with van der Waals surface area (Å²) in [5, 5.41) is 0.923. The fourth-order valence-electron chi connectivity index (χ4n) is 6.07. The van der Waals surface area contributed by atoms with Crippen molar-refractivity contribution in [3.05, 3.63) is 83.6 Å². The van der Waals surface area contributed by atoms with E-state index in [4.69, 9.17) is 23.7 Å². The molecule has 8 heteroatoms. The molecule has 0 N–H and O–H groups in total. The molecule has 1 atom stereocenters. The van der Waals surface area contributed by atoms with Gasteiger partial charge in [0.15, 0.2) is 23.0 Å². The summed E-state index contributed by atoms with van der Waals surface area (Å²) in [4.78, 5) is 20.9. The van der Waals surface area contributed by atoms with Crippen molar-refractivity contribution in [3.63, 3.8) is 0 Å². The largest absolute Gasteiger partial charge is 0.493 e. The molecule has 0 aliphatic heterocycles. The minimum absolute atomic E-state index is 0.270. The smallest absolute Gasteiger partial charge is 0.322 e. The van der Waals surface area contributed by atoms with Gasteiger partial charge in [0.05, 0.1) is 45.6 Å². The van der Waals surface area contributed by atoms with Gasteiger partial charge in [-0.3, -0.25) is 9.78 Å². The van der Waals surface area contributed by atoms with Crippen molar-refractivity contribution in [1.82, 2.24) is 9.88 Å². The second-order valence-electron chi connectivity index (χ2n) is 10.7. The van der Waals surface area contributed by atoms with Crippen LogP contribution in [-0.2, 0) is 23.2 Å². The molecule has 220 valence electrons. The number of para-hydroxylation sites is 1. The number of pyridine rings is 1. The fraction of sp³-hybridized carbons (Fsp3) is 0.353. The molecule has 1 heterocycles. The average Bonchev–Trinajstić information content (AvgIpc) is 3.40. The van der Waals surface area contributed by atoms with Crippen molar-refractivity contribution in [3.8, 4) is 28.7 Å². The van der Waals surface area contributed by atoms with Crippen LogP contribution in [0.2, 0.25) is 0 Å². The molecule has 1 unspecified atom stereocenters. The molecule has 1 aromatic heterocycles. The first kappa shape index (κ1) is 29.2. The number of aromatic nitrogens is 1. The Morgan fingerprint density at radius 2 is 1.67 bits per heavy atom. The monoisotopic (exact) mass is 570 g/mol. The third-order valence-electron chi connectivity index (χ3n) is 8.18. The van der Waals surface area contributed by atoms with E-state index >= 15 is 0 Å². The molecule has 0 fully saturated rings. The van der Waals surface area contributed by atoms with Crippen LogP contribution in [0.15, 0.2) is 66.9 Å². The van der Waals surface area contributed by atoms with Crippen LogP contribution in [0.1, 0.15) is 36.0 Å². The number of nitrogens with zero attached hydrogens (tertiary/aromatic N) is 2. The van der Waals surface area contributed by atoms with Gasteiger partial charge in [-0.05, 0) is 80.7 Å². The van der Waals surface area contributed by atoms with Crippen molar-refractivity contribution >= 4 is 16.9 Å². The lowest BCUT2D eigenvalue weighted by atomic mass is 9.77. The van der Waals surface area contributed by atoms with E-state index in [1.807, 2.05) is 60.7 Å². The summed E-state index contributed by atoms with van der Waals surface area (Å²) in [6.45, 7) is 1.53. The molecule has 0 saturated heterocycles. The van der Waals surface area contributed by atoms with Crippen molar-refractivity contribution in [2.75, 3.05) is 42.0 Å². The van der Waals surface area contributed by atoms with Crippen molar-refractivity contribution in [2.45, 2.75) is 37.6 Å². The van der Waals surface area contributed by atoms with E-state index in [-0.39, 0.29) is 5.97 Å². The predicted molar refractivity (Wildman–Crippen MR) is 162 cm³/mol. The highest BCUT2D eigenvalue weighted by Crippen LogP contribution is 2.49. The van der Waals surface area contributed by atoms with E-state index in [0.717, 1.165) is 47.1 Å². The summed E-state index contributed by atoms with van der Waals surface area (Å²) < 4.78 is 28.2. The van der Waals surface area contributed by atoms with Gasteiger partial charge in [0.1, 0.15) is 5.75 Å². The van der Waals surface area contributed by atoms with Crippen LogP contribution < -0.4 is 23.7 Å². The first-order chi connectivity index (χ1) is 20.4. The number of esters is 1. The number of carbonyl (C=O) groups excluding carboxylic acids is 1. The topological polar surface area (TPSA) is 79.4 Å². The molecular formula is C34H38N2O6. The summed E-state index contributed by atoms with van der Waals surface area (Å²) in [6, 6.07) is 19.5. The van der Waals surface area contributed by atoms with Crippen molar-refractivity contribution < 1.29 is 28.5 Å². The van der Waals surface area contributed by atoms with E-state index in [2.05, 4.69) is 16.9 Å². The molecule has 42 heavy (non-hydrogen) atoms. The zero-order chi connectivity index (χ0) is 29.7. The van der Waals surface area contributed by atoms with E-state index in [9.17, 15) is 4.79 Å². The summed E-state index contributed by atoms with van der Waals surface area (Å²) in [5.41, 5.74) is 3.11. The van der Waals surface area contributed by atoms with Crippen LogP contribution in [0, 0.1) is 0 Å². The molecule has 1 aliphatic rings. The minimum atomic E-state index is -0.815. The van der Waals surface area contributed by atoms with Crippen LogP contribution in [0.4, 0.5) is 0 Å². The second-order valence-corrected chi connectivity index (χ2v) is 10.7. The van der Waals surface area contributed by atoms with E-state index in [0.29, 0.717) is 48.0 Å². The third-order valence-corrected chi connectivity index (χ3v) is 8.18. The maximum Gasteiger partial charge on any atom is 0.322 e. The van der Waals surface area contributed by atoms with E-state index in [1.165, 1.54) is 0 Å². The zero-order valence-corrected chi connectivity index (χ0v) is 24.9. The number of methoxy groups -OCH3 is 4. The molecule has 0 bridgehead atoms. The van der Waals surface area contributed by atoms with Crippen molar-refractivity contribution in [1.29, 1.82) is 0 Å². The Balaban J connectivity index is 1.37. The zero-order valence-electron chi connectivity index (χ0n) is 24.9. The molecule has 4 aromatic rings. The molecule has 1 aliphatic carbocycles. The van der Waals surface area contributed by atoms with Gasteiger partial charge >= 0.3 is 5.97 Å². The molecule has 5 rings (SSSR count). The first-order valence-electron chi connectivity index (χ1n) is 14.1. The normalized spacial score (nSPS) is 15.9. The number of rotatable bonds is 12. The third kappa shape index (κ3) is 5.72.